The zero-order chi connectivity index (χ0) is 20.3. The van der Waals surface area contributed by atoms with E-state index in [1.807, 2.05) is 12.1 Å². The first kappa shape index (κ1) is 20.5. The standard InChI is InChI=1S/C21H27NO5S/c1-13-5-8-17(28-13)18(22-11-9-14(10-12-22)21(23)24)15-6-7-16(25-2)20(27-4)19(15)26-3/h5-8,14,18H,9-12H2,1-4H3,(H,23,24). The van der Waals surface area contributed by atoms with Crippen LogP contribution in [0, 0.1) is 12.8 Å². The average Bonchev–Trinajstić information content (AvgIpc) is 3.13. The molecule has 0 radical (unpaired) electrons. The Kier molecular flexibility index (Phi) is 6.46. The van der Waals surface area contributed by atoms with Gasteiger partial charge in [0.15, 0.2) is 11.5 Å². The molecule has 2 aromatic rings. The van der Waals surface area contributed by atoms with E-state index >= 15 is 0 Å². The summed E-state index contributed by atoms with van der Waals surface area (Å²) in [5.74, 6) is 0.870. The largest absolute Gasteiger partial charge is 0.493 e. The number of benzene rings is 1. The van der Waals surface area contributed by atoms with Gasteiger partial charge in [0.2, 0.25) is 5.75 Å². The molecule has 7 heteroatoms. The molecule has 1 unspecified atom stereocenters. The van der Waals surface area contributed by atoms with Gasteiger partial charge in [-0.2, -0.15) is 0 Å². The molecule has 1 N–H and O–H groups in total. The number of nitrogens with zero attached hydrogens (tertiary/aromatic N) is 1. The van der Waals surface area contributed by atoms with Gasteiger partial charge in [-0.15, -0.1) is 11.3 Å². The van der Waals surface area contributed by atoms with Crippen LogP contribution in [0.2, 0.25) is 0 Å². The molecule has 152 valence electrons. The fraction of sp³-hybridized carbons (Fsp3) is 0.476. The summed E-state index contributed by atoms with van der Waals surface area (Å²) in [6.45, 7) is 3.53. The van der Waals surface area contributed by atoms with Crippen molar-refractivity contribution in [2.75, 3.05) is 34.4 Å². The van der Waals surface area contributed by atoms with Gasteiger partial charge in [-0.1, -0.05) is 0 Å². The van der Waals surface area contributed by atoms with Crippen LogP contribution in [0.5, 0.6) is 17.2 Å². The van der Waals surface area contributed by atoms with E-state index in [0.717, 1.165) is 18.7 Å². The maximum atomic E-state index is 11.4. The lowest BCUT2D eigenvalue weighted by atomic mass is 9.93. The molecular weight excluding hydrogens is 378 g/mol. The van der Waals surface area contributed by atoms with Gasteiger partial charge in [-0.05, 0) is 57.1 Å². The van der Waals surface area contributed by atoms with E-state index in [-0.39, 0.29) is 12.0 Å². The smallest absolute Gasteiger partial charge is 0.306 e. The predicted octanol–water partition coefficient (Wildman–Crippen LogP) is 3.97. The molecule has 0 aliphatic carbocycles. The molecule has 0 spiro atoms. The minimum Gasteiger partial charge on any atom is -0.493 e. The van der Waals surface area contributed by atoms with Gasteiger partial charge in [0.25, 0.3) is 0 Å². The van der Waals surface area contributed by atoms with Crippen molar-refractivity contribution >= 4 is 17.3 Å². The molecule has 28 heavy (non-hydrogen) atoms. The molecule has 1 aromatic heterocycles. The summed E-state index contributed by atoms with van der Waals surface area (Å²) >= 11 is 1.75. The summed E-state index contributed by atoms with van der Waals surface area (Å²) in [5.41, 5.74) is 0.996. The maximum absolute atomic E-state index is 11.4. The first-order valence-corrected chi connectivity index (χ1v) is 10.1. The third kappa shape index (κ3) is 3.95. The van der Waals surface area contributed by atoms with Gasteiger partial charge in [0, 0.05) is 15.3 Å². The highest BCUT2D eigenvalue weighted by molar-refractivity contribution is 7.12. The van der Waals surface area contributed by atoms with Crippen LogP contribution < -0.4 is 14.2 Å². The topological polar surface area (TPSA) is 68.2 Å². The number of hydrogen-bond acceptors (Lipinski definition) is 6. The quantitative estimate of drug-likeness (QED) is 0.752. The second-order valence-electron chi connectivity index (χ2n) is 6.92. The Morgan fingerprint density at radius 2 is 1.75 bits per heavy atom. The van der Waals surface area contributed by atoms with Crippen LogP contribution in [-0.2, 0) is 4.79 Å². The third-order valence-corrected chi connectivity index (χ3v) is 6.36. The van der Waals surface area contributed by atoms with E-state index in [1.54, 1.807) is 32.7 Å². The molecule has 1 aliphatic heterocycles. The van der Waals surface area contributed by atoms with Crippen LogP contribution in [0.4, 0.5) is 0 Å². The molecule has 1 aliphatic rings. The number of methoxy groups -OCH3 is 3. The molecule has 6 nitrogen and oxygen atoms in total. The normalized spacial score (nSPS) is 16.6. The van der Waals surface area contributed by atoms with Gasteiger partial charge in [-0.3, -0.25) is 9.69 Å². The number of carboxylic acid groups (broad SMARTS) is 1. The van der Waals surface area contributed by atoms with Crippen molar-refractivity contribution in [1.29, 1.82) is 0 Å². The Bertz CT molecular complexity index is 826. The number of rotatable bonds is 7. The zero-order valence-corrected chi connectivity index (χ0v) is 17.5. The third-order valence-electron chi connectivity index (χ3n) is 5.30. The fourth-order valence-electron chi connectivity index (χ4n) is 3.87. The maximum Gasteiger partial charge on any atom is 0.306 e. The number of hydrogen-bond donors (Lipinski definition) is 1. The molecule has 1 aromatic carbocycles. The van der Waals surface area contributed by atoms with E-state index in [9.17, 15) is 9.90 Å². The molecule has 1 saturated heterocycles. The van der Waals surface area contributed by atoms with Crippen LogP contribution >= 0.6 is 11.3 Å². The van der Waals surface area contributed by atoms with Crippen molar-refractivity contribution in [3.05, 3.63) is 39.6 Å². The number of carboxylic acids is 1. The molecule has 1 fully saturated rings. The summed E-state index contributed by atoms with van der Waals surface area (Å²) < 4.78 is 16.8. The van der Waals surface area contributed by atoms with Crippen LogP contribution in [0.25, 0.3) is 0 Å². The number of aliphatic carboxylic acids is 1. The van der Waals surface area contributed by atoms with Crippen molar-refractivity contribution in [2.24, 2.45) is 5.92 Å². The van der Waals surface area contributed by atoms with Gasteiger partial charge < -0.3 is 19.3 Å². The Hall–Kier alpha value is -2.25. The number of aryl methyl sites for hydroxylation is 1. The number of ether oxygens (including phenoxy) is 3. The Morgan fingerprint density at radius 3 is 2.25 bits per heavy atom. The van der Waals surface area contributed by atoms with Crippen LogP contribution in [-0.4, -0.2) is 50.4 Å². The first-order valence-electron chi connectivity index (χ1n) is 9.32. The monoisotopic (exact) mass is 405 g/mol. The molecule has 0 saturated carbocycles. The highest BCUT2D eigenvalue weighted by atomic mass is 32.1. The van der Waals surface area contributed by atoms with E-state index in [0.29, 0.717) is 30.1 Å². The SMILES string of the molecule is COc1ccc(C(c2ccc(C)s2)N2CCC(C(=O)O)CC2)c(OC)c1OC. The summed E-state index contributed by atoms with van der Waals surface area (Å²) in [4.78, 5) is 16.1. The second kappa shape index (κ2) is 8.84. The van der Waals surface area contributed by atoms with Gasteiger partial charge in [0.05, 0.1) is 33.3 Å². The van der Waals surface area contributed by atoms with Gasteiger partial charge in [-0.25, -0.2) is 0 Å². The summed E-state index contributed by atoms with van der Waals surface area (Å²) in [6.07, 6.45) is 1.29. The van der Waals surface area contributed by atoms with Crippen LogP contribution in [0.3, 0.4) is 0 Å². The Balaban J connectivity index is 2.05. The van der Waals surface area contributed by atoms with E-state index in [2.05, 4.69) is 24.0 Å². The predicted molar refractivity (Wildman–Crippen MR) is 109 cm³/mol. The van der Waals surface area contributed by atoms with Crippen molar-refractivity contribution in [2.45, 2.75) is 25.8 Å². The zero-order valence-electron chi connectivity index (χ0n) is 16.7. The summed E-state index contributed by atoms with van der Waals surface area (Å²) in [5, 5.41) is 9.34. The molecule has 0 bridgehead atoms. The summed E-state index contributed by atoms with van der Waals surface area (Å²) in [6, 6.07) is 8.15. The van der Waals surface area contributed by atoms with E-state index in [4.69, 9.17) is 14.2 Å². The highest BCUT2D eigenvalue weighted by Crippen LogP contribution is 2.46. The lowest BCUT2D eigenvalue weighted by Crippen LogP contribution is -2.39. The minimum absolute atomic E-state index is 0.0248. The van der Waals surface area contributed by atoms with E-state index < -0.39 is 5.97 Å². The molecule has 0 amide bonds. The lowest BCUT2D eigenvalue weighted by molar-refractivity contribution is -0.143. The highest BCUT2D eigenvalue weighted by Gasteiger charge is 2.33. The molecule has 3 rings (SSSR count). The van der Waals surface area contributed by atoms with Crippen molar-refractivity contribution in [3.8, 4) is 17.2 Å². The Morgan fingerprint density at radius 1 is 1.07 bits per heavy atom. The summed E-state index contributed by atoms with van der Waals surface area (Å²) in [7, 11) is 4.84. The first-order chi connectivity index (χ1) is 13.5. The lowest BCUT2D eigenvalue weighted by Gasteiger charge is -2.37. The van der Waals surface area contributed by atoms with Gasteiger partial charge >= 0.3 is 5.97 Å². The van der Waals surface area contributed by atoms with Gasteiger partial charge in [0.1, 0.15) is 0 Å². The number of carbonyl (C=O) groups is 1. The average molecular weight is 406 g/mol. The molecular formula is C21H27NO5S. The number of likely N-dealkylation sites (tertiary alicyclic amines) is 1. The minimum atomic E-state index is -0.702. The fourth-order valence-corrected chi connectivity index (χ4v) is 4.91. The number of thiophene rings is 1. The molecule has 1 atom stereocenters. The van der Waals surface area contributed by atoms with Crippen LogP contribution in [0.15, 0.2) is 24.3 Å². The van der Waals surface area contributed by atoms with Crippen molar-refractivity contribution in [1.82, 2.24) is 4.90 Å². The molecule has 2 heterocycles. The van der Waals surface area contributed by atoms with E-state index in [1.165, 1.54) is 9.75 Å². The second-order valence-corrected chi connectivity index (χ2v) is 8.24. The van der Waals surface area contributed by atoms with Crippen molar-refractivity contribution in [3.63, 3.8) is 0 Å². The number of piperidine rings is 1. The van der Waals surface area contributed by atoms with Crippen LogP contribution in [0.1, 0.15) is 34.2 Å². The van der Waals surface area contributed by atoms with Crippen molar-refractivity contribution < 1.29 is 24.1 Å². The Labute approximate surface area is 169 Å².